The molecule has 4 aromatic rings. The molecule has 8 heteroatoms. The van der Waals surface area contributed by atoms with Crippen LogP contribution in [0.3, 0.4) is 0 Å². The number of rotatable bonds is 2. The first kappa shape index (κ1) is 18.2. The van der Waals surface area contributed by atoms with Crippen molar-refractivity contribution in [3.63, 3.8) is 0 Å². The topological polar surface area (TPSA) is 36.9 Å². The fraction of sp³-hybridized carbons (Fsp3) is 0.273. The second-order valence-corrected chi connectivity index (χ2v) is 11.3. The molecule has 3 aliphatic rings. The minimum absolute atomic E-state index is 0.478. The molecule has 4 aromatic heterocycles. The zero-order valence-electron chi connectivity index (χ0n) is 15.7. The van der Waals surface area contributed by atoms with E-state index in [-0.39, 0.29) is 0 Å². The molecule has 0 atom stereocenters. The largest absolute Gasteiger partial charge is 0.339 e. The summed E-state index contributed by atoms with van der Waals surface area (Å²) in [4.78, 5) is 7.35. The Morgan fingerprint density at radius 1 is 0.600 bits per heavy atom. The van der Waals surface area contributed by atoms with Gasteiger partial charge in [-0.3, -0.25) is 0 Å². The number of ether oxygens (including phenoxy) is 4. The molecule has 7 rings (SSSR count). The molecule has 0 amide bonds. The monoisotopic (exact) mass is 472 g/mol. The van der Waals surface area contributed by atoms with Crippen molar-refractivity contribution in [3.8, 4) is 29.3 Å². The van der Waals surface area contributed by atoms with Crippen molar-refractivity contribution in [3.05, 3.63) is 58.3 Å². The molecule has 152 valence electrons. The van der Waals surface area contributed by atoms with Crippen molar-refractivity contribution in [2.45, 2.75) is 11.6 Å². The van der Waals surface area contributed by atoms with E-state index in [0.29, 0.717) is 26.4 Å². The van der Waals surface area contributed by atoms with Crippen LogP contribution in [0, 0.1) is 0 Å². The maximum atomic E-state index is 6.42. The fourth-order valence-corrected chi connectivity index (χ4v) is 8.76. The zero-order chi connectivity index (χ0) is 19.8. The summed E-state index contributed by atoms with van der Waals surface area (Å²) in [6, 6.07) is 12.9. The van der Waals surface area contributed by atoms with Crippen LogP contribution in [0.1, 0.15) is 11.1 Å². The van der Waals surface area contributed by atoms with Crippen LogP contribution in [0.4, 0.5) is 0 Å². The van der Waals surface area contributed by atoms with E-state index < -0.39 is 11.6 Å². The van der Waals surface area contributed by atoms with Gasteiger partial charge >= 0.3 is 0 Å². The molecule has 2 fully saturated rings. The van der Waals surface area contributed by atoms with Gasteiger partial charge in [-0.25, -0.2) is 0 Å². The Morgan fingerprint density at radius 3 is 1.40 bits per heavy atom. The van der Waals surface area contributed by atoms with E-state index >= 15 is 0 Å². The lowest BCUT2D eigenvalue weighted by molar-refractivity contribution is -0.483. The summed E-state index contributed by atoms with van der Waals surface area (Å²) in [7, 11) is 0. The first-order chi connectivity index (χ1) is 14.8. The van der Waals surface area contributed by atoms with Crippen LogP contribution in [0.15, 0.2) is 47.2 Å². The van der Waals surface area contributed by atoms with E-state index in [9.17, 15) is 0 Å². The summed E-state index contributed by atoms with van der Waals surface area (Å²) in [6.07, 6.45) is 0. The quantitative estimate of drug-likeness (QED) is 0.341. The lowest BCUT2D eigenvalue weighted by atomic mass is 9.83. The SMILES string of the molecule is c1csc(-c2cc3c(s2)-c2sc(-c4cccs4)cc2C24OCCOC32OCCO4)c1. The summed E-state index contributed by atoms with van der Waals surface area (Å²) in [5.74, 6) is -2.13. The van der Waals surface area contributed by atoms with E-state index in [4.69, 9.17) is 18.9 Å². The van der Waals surface area contributed by atoms with Crippen LogP contribution in [0.5, 0.6) is 0 Å². The maximum Gasteiger partial charge on any atom is 0.257 e. The van der Waals surface area contributed by atoms with E-state index in [0.717, 1.165) is 11.1 Å². The number of hydrogen-bond acceptors (Lipinski definition) is 8. The number of hydrogen-bond donors (Lipinski definition) is 0. The van der Waals surface area contributed by atoms with Gasteiger partial charge in [-0.2, -0.15) is 0 Å². The molecule has 0 spiro atoms. The molecule has 0 aromatic carbocycles. The van der Waals surface area contributed by atoms with Crippen molar-refractivity contribution in [1.29, 1.82) is 0 Å². The highest BCUT2D eigenvalue weighted by Crippen LogP contribution is 2.64. The molecule has 0 unspecified atom stereocenters. The molecule has 0 bridgehead atoms. The second-order valence-electron chi connectivity index (χ2n) is 7.29. The molecule has 2 aliphatic heterocycles. The predicted molar refractivity (Wildman–Crippen MR) is 121 cm³/mol. The first-order valence-electron chi connectivity index (χ1n) is 9.73. The molecule has 0 radical (unpaired) electrons. The maximum absolute atomic E-state index is 6.42. The molecule has 6 heterocycles. The lowest BCUT2D eigenvalue weighted by Crippen LogP contribution is -2.63. The smallest absolute Gasteiger partial charge is 0.257 e. The number of thiophene rings is 4. The van der Waals surface area contributed by atoms with Crippen molar-refractivity contribution in [1.82, 2.24) is 0 Å². The van der Waals surface area contributed by atoms with Crippen molar-refractivity contribution < 1.29 is 18.9 Å². The minimum atomic E-state index is -1.06. The van der Waals surface area contributed by atoms with Gasteiger partial charge in [-0.05, 0) is 35.0 Å². The highest BCUT2D eigenvalue weighted by Gasteiger charge is 2.67. The average Bonchev–Trinajstić information content (AvgIpc) is 3.56. The van der Waals surface area contributed by atoms with Gasteiger partial charge in [0, 0.05) is 30.6 Å². The van der Waals surface area contributed by atoms with E-state index in [1.807, 2.05) is 0 Å². The van der Waals surface area contributed by atoms with Crippen LogP contribution in [0.2, 0.25) is 0 Å². The van der Waals surface area contributed by atoms with Crippen molar-refractivity contribution in [2.75, 3.05) is 26.4 Å². The Morgan fingerprint density at radius 2 is 1.03 bits per heavy atom. The summed E-state index contributed by atoms with van der Waals surface area (Å²) in [5.41, 5.74) is 2.06. The summed E-state index contributed by atoms with van der Waals surface area (Å²) in [5, 5.41) is 4.23. The lowest BCUT2D eigenvalue weighted by Gasteiger charge is -2.55. The van der Waals surface area contributed by atoms with E-state index in [2.05, 4.69) is 47.2 Å². The Balaban J connectivity index is 1.53. The Labute approximate surface area is 189 Å². The van der Waals surface area contributed by atoms with Crippen molar-refractivity contribution in [2.24, 2.45) is 0 Å². The van der Waals surface area contributed by atoms with Gasteiger partial charge in [0.05, 0.1) is 36.2 Å². The molecule has 0 saturated carbocycles. The molecule has 1 aliphatic carbocycles. The van der Waals surface area contributed by atoms with Gasteiger partial charge in [0.15, 0.2) is 0 Å². The van der Waals surface area contributed by atoms with Gasteiger partial charge in [0.25, 0.3) is 11.6 Å². The molecule has 4 nitrogen and oxygen atoms in total. The standard InChI is InChI=1S/C22H16O4S4/c1-3-15(27-9-1)17-11-13-19(29-17)20-14(12-18(30-20)16-4-2-10-28-16)22-21(13,23-5-7-25-22)24-6-8-26-22/h1-4,9-12H,5-8H2. The third-order valence-electron chi connectivity index (χ3n) is 5.73. The van der Waals surface area contributed by atoms with E-state index in [1.54, 1.807) is 45.3 Å². The summed E-state index contributed by atoms with van der Waals surface area (Å²) in [6.45, 7) is 1.91. The number of fused-ring (bicyclic) bond motifs is 3. The first-order valence-corrected chi connectivity index (χ1v) is 13.1. The highest BCUT2D eigenvalue weighted by atomic mass is 32.1. The predicted octanol–water partition coefficient (Wildman–Crippen LogP) is 6.35. The van der Waals surface area contributed by atoms with Crippen LogP contribution in [-0.4, -0.2) is 26.4 Å². The normalized spacial score (nSPS) is 27.2. The Bertz CT molecular complexity index is 1110. The minimum Gasteiger partial charge on any atom is -0.339 e. The molecule has 2 saturated heterocycles. The van der Waals surface area contributed by atoms with Gasteiger partial charge < -0.3 is 18.9 Å². The second kappa shape index (κ2) is 6.57. The van der Waals surface area contributed by atoms with Crippen LogP contribution >= 0.6 is 45.3 Å². The molecule has 0 N–H and O–H groups in total. The zero-order valence-corrected chi connectivity index (χ0v) is 19.0. The van der Waals surface area contributed by atoms with Crippen LogP contribution in [0.25, 0.3) is 29.3 Å². The van der Waals surface area contributed by atoms with Gasteiger partial charge in [0.1, 0.15) is 0 Å². The summed E-state index contributed by atoms with van der Waals surface area (Å²) < 4.78 is 25.7. The third-order valence-corrected chi connectivity index (χ3v) is 10.3. The van der Waals surface area contributed by atoms with Crippen molar-refractivity contribution >= 4 is 45.3 Å². The fourth-order valence-electron chi connectivity index (χ4n) is 4.56. The van der Waals surface area contributed by atoms with Gasteiger partial charge in [0.2, 0.25) is 0 Å². The molecular formula is C22H16O4S4. The van der Waals surface area contributed by atoms with E-state index in [1.165, 1.54) is 29.3 Å². The van der Waals surface area contributed by atoms with Gasteiger partial charge in [-0.1, -0.05) is 12.1 Å². The molecule has 30 heavy (non-hydrogen) atoms. The average molecular weight is 473 g/mol. The van der Waals surface area contributed by atoms with Crippen LogP contribution in [-0.2, 0) is 30.5 Å². The van der Waals surface area contributed by atoms with Gasteiger partial charge in [-0.15, -0.1) is 45.3 Å². The molecular weight excluding hydrogens is 457 g/mol. The third kappa shape index (κ3) is 2.28. The Kier molecular flexibility index (Phi) is 3.99. The highest BCUT2D eigenvalue weighted by molar-refractivity contribution is 7.28. The van der Waals surface area contributed by atoms with Crippen LogP contribution < -0.4 is 0 Å². The Hall–Kier alpha value is -1.36. The summed E-state index contributed by atoms with van der Waals surface area (Å²) >= 11 is 7.10.